The van der Waals surface area contributed by atoms with Gasteiger partial charge in [0, 0.05) is 11.3 Å². The lowest BCUT2D eigenvalue weighted by atomic mass is 10.1. The Hall–Kier alpha value is -2.89. The Kier molecular flexibility index (Phi) is 5.52. The second-order valence-electron chi connectivity index (χ2n) is 5.27. The van der Waals surface area contributed by atoms with E-state index in [4.69, 9.17) is 9.57 Å². The fourth-order valence-electron chi connectivity index (χ4n) is 2.48. The van der Waals surface area contributed by atoms with Crippen LogP contribution in [0.1, 0.15) is 51.5 Å². The minimum Gasteiger partial charge on any atom is -0.461 e. The first-order valence-electron chi connectivity index (χ1n) is 7.63. The molecule has 0 aliphatic carbocycles. The summed E-state index contributed by atoms with van der Waals surface area (Å²) in [5.41, 5.74) is 3.51. The van der Waals surface area contributed by atoms with Crippen molar-refractivity contribution in [1.29, 1.82) is 0 Å². The van der Waals surface area contributed by atoms with Crippen molar-refractivity contribution >= 4 is 17.7 Å². The minimum absolute atomic E-state index is 0.299. The molecule has 0 saturated carbocycles. The first-order chi connectivity index (χ1) is 11.5. The molecule has 0 aliphatic rings. The van der Waals surface area contributed by atoms with Crippen LogP contribution in [0, 0.1) is 13.8 Å². The Bertz CT molecular complexity index is 776. The van der Waals surface area contributed by atoms with E-state index in [-0.39, 0.29) is 0 Å². The van der Waals surface area contributed by atoms with Gasteiger partial charge in [0.15, 0.2) is 0 Å². The van der Waals surface area contributed by atoms with Crippen LogP contribution in [0.2, 0.25) is 0 Å². The molecule has 1 aromatic heterocycles. The maximum absolute atomic E-state index is 11.9. The highest BCUT2D eigenvalue weighted by Crippen LogP contribution is 2.20. The molecule has 2 rings (SSSR count). The van der Waals surface area contributed by atoms with Gasteiger partial charge in [0.1, 0.15) is 5.69 Å². The summed E-state index contributed by atoms with van der Waals surface area (Å²) < 4.78 is 5.02. The molecule has 6 heteroatoms. The Balaban J connectivity index is 2.22. The van der Waals surface area contributed by atoms with E-state index in [9.17, 15) is 9.59 Å². The van der Waals surface area contributed by atoms with Gasteiger partial charge in [-0.3, -0.25) is 0 Å². The number of H-pyrrole nitrogens is 1. The monoisotopic (exact) mass is 328 g/mol. The highest BCUT2D eigenvalue weighted by atomic mass is 16.7. The minimum atomic E-state index is -0.536. The van der Waals surface area contributed by atoms with Gasteiger partial charge in [0.2, 0.25) is 0 Å². The highest BCUT2D eigenvalue weighted by molar-refractivity contribution is 6.04. The number of benzene rings is 1. The number of aryl methyl sites for hydroxylation is 1. The van der Waals surface area contributed by atoms with Crippen LogP contribution in [-0.2, 0) is 9.57 Å². The molecule has 1 heterocycles. The predicted molar refractivity (Wildman–Crippen MR) is 90.3 cm³/mol. The van der Waals surface area contributed by atoms with Gasteiger partial charge >= 0.3 is 11.9 Å². The van der Waals surface area contributed by atoms with E-state index in [1.54, 1.807) is 45.0 Å². The molecule has 0 saturated heterocycles. The Morgan fingerprint density at radius 2 is 1.79 bits per heavy atom. The van der Waals surface area contributed by atoms with Crippen LogP contribution < -0.4 is 0 Å². The predicted octanol–water partition coefficient (Wildman–Crippen LogP) is 3.39. The average Bonchev–Trinajstić information content (AvgIpc) is 2.88. The Morgan fingerprint density at radius 3 is 2.42 bits per heavy atom. The summed E-state index contributed by atoms with van der Waals surface area (Å²) >= 11 is 0. The standard InChI is InChI=1S/C18H20N2O4/c1-5-23-18(22)16-11(2)15(12(3)19-16)13(4)20-24-17(21)14-9-7-6-8-10-14/h6-10,19H,5H2,1-4H3. The summed E-state index contributed by atoms with van der Waals surface area (Å²) in [6.07, 6.45) is 0. The number of carbonyl (C=O) groups excluding carboxylic acids is 2. The fourth-order valence-corrected chi connectivity index (χ4v) is 2.48. The number of nitrogens with one attached hydrogen (secondary N) is 1. The van der Waals surface area contributed by atoms with Gasteiger partial charge in [-0.25, -0.2) is 9.59 Å². The van der Waals surface area contributed by atoms with Crippen LogP contribution in [0.5, 0.6) is 0 Å². The lowest BCUT2D eigenvalue weighted by molar-refractivity contribution is 0.0508. The van der Waals surface area contributed by atoms with Crippen LogP contribution in [0.15, 0.2) is 35.5 Å². The first kappa shape index (κ1) is 17.5. The number of hydrogen-bond donors (Lipinski definition) is 1. The second-order valence-corrected chi connectivity index (χ2v) is 5.27. The van der Waals surface area contributed by atoms with Crippen LogP contribution in [0.25, 0.3) is 0 Å². The van der Waals surface area contributed by atoms with E-state index in [0.29, 0.717) is 29.1 Å². The average molecular weight is 328 g/mol. The summed E-state index contributed by atoms with van der Waals surface area (Å²) in [6.45, 7) is 7.38. The molecule has 1 N–H and O–H groups in total. The molecule has 6 nitrogen and oxygen atoms in total. The van der Waals surface area contributed by atoms with Crippen molar-refractivity contribution in [3.63, 3.8) is 0 Å². The quantitative estimate of drug-likeness (QED) is 0.395. The van der Waals surface area contributed by atoms with E-state index < -0.39 is 11.9 Å². The van der Waals surface area contributed by atoms with Crippen molar-refractivity contribution in [3.8, 4) is 0 Å². The molecule has 0 unspecified atom stereocenters. The zero-order valence-corrected chi connectivity index (χ0v) is 14.2. The van der Waals surface area contributed by atoms with Crippen molar-refractivity contribution in [2.24, 2.45) is 5.16 Å². The van der Waals surface area contributed by atoms with E-state index >= 15 is 0 Å². The van der Waals surface area contributed by atoms with E-state index in [0.717, 1.165) is 11.3 Å². The maximum Gasteiger partial charge on any atom is 0.365 e. The summed E-state index contributed by atoms with van der Waals surface area (Å²) in [6, 6.07) is 8.62. The number of esters is 1. The van der Waals surface area contributed by atoms with Gasteiger partial charge in [-0.15, -0.1) is 0 Å². The number of aromatic nitrogens is 1. The largest absolute Gasteiger partial charge is 0.461 e. The van der Waals surface area contributed by atoms with Gasteiger partial charge < -0.3 is 14.6 Å². The molecular weight excluding hydrogens is 308 g/mol. The Labute approximate surface area is 140 Å². The summed E-state index contributed by atoms with van der Waals surface area (Å²) in [4.78, 5) is 31.9. The molecule has 0 bridgehead atoms. The van der Waals surface area contributed by atoms with Crippen molar-refractivity contribution in [3.05, 3.63) is 58.4 Å². The van der Waals surface area contributed by atoms with Crippen molar-refractivity contribution in [2.45, 2.75) is 27.7 Å². The zero-order chi connectivity index (χ0) is 17.7. The Morgan fingerprint density at radius 1 is 1.12 bits per heavy atom. The third-order valence-electron chi connectivity index (χ3n) is 3.55. The normalized spacial score (nSPS) is 11.2. The number of oxime groups is 1. The van der Waals surface area contributed by atoms with Gasteiger partial charge in [-0.2, -0.15) is 0 Å². The lowest BCUT2D eigenvalue weighted by Gasteiger charge is -2.03. The molecular formula is C18H20N2O4. The number of aromatic amines is 1. The van der Waals surface area contributed by atoms with Crippen molar-refractivity contribution in [1.82, 2.24) is 4.98 Å². The summed E-state index contributed by atoms with van der Waals surface area (Å²) in [5.74, 6) is -0.954. The van der Waals surface area contributed by atoms with Gasteiger partial charge in [0.05, 0.1) is 17.9 Å². The molecule has 126 valence electrons. The lowest BCUT2D eigenvalue weighted by Crippen LogP contribution is -2.07. The number of carbonyl (C=O) groups is 2. The molecule has 0 fully saturated rings. The summed E-state index contributed by atoms with van der Waals surface area (Å²) in [5, 5.41) is 3.91. The topological polar surface area (TPSA) is 80.8 Å². The molecule has 24 heavy (non-hydrogen) atoms. The summed E-state index contributed by atoms with van der Waals surface area (Å²) in [7, 11) is 0. The molecule has 0 spiro atoms. The molecule has 1 aromatic carbocycles. The SMILES string of the molecule is CCOC(=O)c1[nH]c(C)c(C(C)=NOC(=O)c2ccccc2)c1C. The second kappa shape index (κ2) is 7.59. The van der Waals surface area contributed by atoms with Gasteiger partial charge in [-0.1, -0.05) is 23.4 Å². The van der Waals surface area contributed by atoms with Crippen LogP contribution in [0.3, 0.4) is 0 Å². The van der Waals surface area contributed by atoms with Gasteiger partial charge in [0.25, 0.3) is 0 Å². The highest BCUT2D eigenvalue weighted by Gasteiger charge is 2.20. The molecule has 0 radical (unpaired) electrons. The van der Waals surface area contributed by atoms with Crippen LogP contribution >= 0.6 is 0 Å². The maximum atomic E-state index is 11.9. The van der Waals surface area contributed by atoms with Crippen molar-refractivity contribution < 1.29 is 19.2 Å². The smallest absolute Gasteiger partial charge is 0.365 e. The van der Waals surface area contributed by atoms with E-state index in [2.05, 4.69) is 10.1 Å². The molecule has 0 atom stereocenters. The third kappa shape index (κ3) is 3.71. The number of hydrogen-bond acceptors (Lipinski definition) is 5. The molecule has 2 aromatic rings. The number of rotatable bonds is 5. The third-order valence-corrected chi connectivity index (χ3v) is 3.55. The van der Waals surface area contributed by atoms with E-state index in [1.807, 2.05) is 13.0 Å². The molecule has 0 aliphatic heterocycles. The first-order valence-corrected chi connectivity index (χ1v) is 7.63. The fraction of sp³-hybridized carbons (Fsp3) is 0.278. The van der Waals surface area contributed by atoms with Crippen molar-refractivity contribution in [2.75, 3.05) is 6.61 Å². The number of ether oxygens (including phenoxy) is 1. The molecule has 0 amide bonds. The van der Waals surface area contributed by atoms with Gasteiger partial charge in [-0.05, 0) is 45.4 Å². The number of nitrogens with zero attached hydrogens (tertiary/aromatic N) is 1. The van der Waals surface area contributed by atoms with Crippen LogP contribution in [0.4, 0.5) is 0 Å². The van der Waals surface area contributed by atoms with Crippen LogP contribution in [-0.4, -0.2) is 29.2 Å². The van der Waals surface area contributed by atoms with E-state index in [1.165, 1.54) is 0 Å². The zero-order valence-electron chi connectivity index (χ0n) is 14.2.